The number of rotatable bonds is 7. The quantitative estimate of drug-likeness (QED) is 0.768. The van der Waals surface area contributed by atoms with E-state index in [0.717, 1.165) is 25.4 Å². The van der Waals surface area contributed by atoms with Gasteiger partial charge in [0.15, 0.2) is 0 Å². The van der Waals surface area contributed by atoms with E-state index in [4.69, 9.17) is 0 Å². The van der Waals surface area contributed by atoms with Gasteiger partial charge in [-0.1, -0.05) is 24.3 Å². The van der Waals surface area contributed by atoms with Crippen LogP contribution in [0.4, 0.5) is 0 Å². The van der Waals surface area contributed by atoms with Crippen LogP contribution in [0.1, 0.15) is 24.0 Å². The molecule has 1 aromatic rings. The highest BCUT2D eigenvalue weighted by Crippen LogP contribution is 2.27. The fourth-order valence-corrected chi connectivity index (χ4v) is 2.00. The molecule has 1 fully saturated rings. The highest BCUT2D eigenvalue weighted by atomic mass is 16.1. The molecule has 1 amide bonds. The third-order valence-corrected chi connectivity index (χ3v) is 3.39. The van der Waals surface area contributed by atoms with Crippen LogP contribution in [0.2, 0.25) is 0 Å². The molecule has 98 valence electrons. The normalized spacial score (nSPS) is 14.5. The van der Waals surface area contributed by atoms with Crippen molar-refractivity contribution in [3.05, 3.63) is 35.4 Å². The van der Waals surface area contributed by atoms with E-state index in [1.54, 1.807) is 0 Å². The van der Waals surface area contributed by atoms with Crippen molar-refractivity contribution >= 4 is 5.91 Å². The van der Waals surface area contributed by atoms with Crippen molar-refractivity contribution in [1.82, 2.24) is 10.6 Å². The van der Waals surface area contributed by atoms with Crippen molar-refractivity contribution in [3.63, 3.8) is 0 Å². The SMILES string of the molecule is Cc1ccccc1CCNC(=O)CNCC1CC1. The molecule has 0 aliphatic heterocycles. The number of aryl methyl sites for hydroxylation is 1. The van der Waals surface area contributed by atoms with Gasteiger partial charge in [0.1, 0.15) is 0 Å². The van der Waals surface area contributed by atoms with Gasteiger partial charge in [0.25, 0.3) is 0 Å². The van der Waals surface area contributed by atoms with Crippen molar-refractivity contribution in [1.29, 1.82) is 0 Å². The lowest BCUT2D eigenvalue weighted by Gasteiger charge is -2.08. The van der Waals surface area contributed by atoms with Crippen LogP contribution in [-0.4, -0.2) is 25.5 Å². The van der Waals surface area contributed by atoms with Crippen LogP contribution in [0.15, 0.2) is 24.3 Å². The Hall–Kier alpha value is -1.35. The smallest absolute Gasteiger partial charge is 0.233 e. The zero-order valence-corrected chi connectivity index (χ0v) is 11.0. The first-order valence-electron chi connectivity index (χ1n) is 6.77. The monoisotopic (exact) mass is 246 g/mol. The summed E-state index contributed by atoms with van der Waals surface area (Å²) in [7, 11) is 0. The van der Waals surface area contributed by atoms with Crippen LogP contribution in [-0.2, 0) is 11.2 Å². The van der Waals surface area contributed by atoms with Gasteiger partial charge in [0.05, 0.1) is 6.54 Å². The Bertz CT molecular complexity index is 399. The van der Waals surface area contributed by atoms with Gasteiger partial charge in [0.2, 0.25) is 5.91 Å². The van der Waals surface area contributed by atoms with E-state index in [-0.39, 0.29) is 5.91 Å². The molecule has 1 aliphatic carbocycles. The number of hydrogen-bond acceptors (Lipinski definition) is 2. The maximum Gasteiger partial charge on any atom is 0.233 e. The minimum Gasteiger partial charge on any atom is -0.355 e. The lowest BCUT2D eigenvalue weighted by Crippen LogP contribution is -2.35. The van der Waals surface area contributed by atoms with Crippen LogP contribution < -0.4 is 10.6 Å². The summed E-state index contributed by atoms with van der Waals surface area (Å²) in [5, 5.41) is 6.15. The van der Waals surface area contributed by atoms with Gasteiger partial charge in [-0.05, 0) is 49.8 Å². The summed E-state index contributed by atoms with van der Waals surface area (Å²) in [6.45, 7) is 4.26. The number of nitrogens with one attached hydrogen (secondary N) is 2. The van der Waals surface area contributed by atoms with E-state index >= 15 is 0 Å². The standard InChI is InChI=1S/C15H22N2O/c1-12-4-2-3-5-14(12)8-9-17-15(18)11-16-10-13-6-7-13/h2-5,13,16H,6-11H2,1H3,(H,17,18). The third kappa shape index (κ3) is 4.49. The number of benzene rings is 1. The Kier molecular flexibility index (Phi) is 4.76. The molecule has 0 aromatic heterocycles. The molecular formula is C15H22N2O. The van der Waals surface area contributed by atoms with E-state index in [9.17, 15) is 4.79 Å². The summed E-state index contributed by atoms with van der Waals surface area (Å²) < 4.78 is 0. The maximum atomic E-state index is 11.5. The average molecular weight is 246 g/mol. The zero-order chi connectivity index (χ0) is 12.8. The second kappa shape index (κ2) is 6.55. The molecule has 2 N–H and O–H groups in total. The van der Waals surface area contributed by atoms with E-state index in [1.807, 2.05) is 12.1 Å². The first-order chi connectivity index (χ1) is 8.75. The predicted octanol–water partition coefficient (Wildman–Crippen LogP) is 1.65. The lowest BCUT2D eigenvalue weighted by molar-refractivity contribution is -0.120. The van der Waals surface area contributed by atoms with Crippen LogP contribution in [0.25, 0.3) is 0 Å². The zero-order valence-electron chi connectivity index (χ0n) is 11.0. The van der Waals surface area contributed by atoms with Gasteiger partial charge in [-0.15, -0.1) is 0 Å². The summed E-state index contributed by atoms with van der Waals surface area (Å²) in [5.74, 6) is 0.925. The summed E-state index contributed by atoms with van der Waals surface area (Å²) in [6, 6.07) is 8.31. The van der Waals surface area contributed by atoms with E-state index in [0.29, 0.717) is 6.54 Å². The Balaban J connectivity index is 1.59. The Morgan fingerprint density at radius 3 is 2.83 bits per heavy atom. The molecule has 1 aliphatic rings. The van der Waals surface area contributed by atoms with Crippen molar-refractivity contribution in [2.75, 3.05) is 19.6 Å². The van der Waals surface area contributed by atoms with Crippen molar-refractivity contribution in [3.8, 4) is 0 Å². The average Bonchev–Trinajstić information content (AvgIpc) is 3.16. The largest absolute Gasteiger partial charge is 0.355 e. The van der Waals surface area contributed by atoms with Crippen LogP contribution in [0.3, 0.4) is 0 Å². The highest BCUT2D eigenvalue weighted by molar-refractivity contribution is 5.77. The first kappa shape index (κ1) is 13.1. The molecule has 3 heteroatoms. The molecule has 0 spiro atoms. The van der Waals surface area contributed by atoms with Crippen molar-refractivity contribution in [2.45, 2.75) is 26.2 Å². The molecule has 0 unspecified atom stereocenters. The molecule has 2 rings (SSSR count). The molecule has 0 radical (unpaired) electrons. The van der Waals surface area contributed by atoms with Crippen LogP contribution in [0, 0.1) is 12.8 Å². The van der Waals surface area contributed by atoms with E-state index in [2.05, 4.69) is 29.7 Å². The van der Waals surface area contributed by atoms with Crippen LogP contribution in [0.5, 0.6) is 0 Å². The van der Waals surface area contributed by atoms with Crippen LogP contribution >= 0.6 is 0 Å². The third-order valence-electron chi connectivity index (χ3n) is 3.39. The van der Waals surface area contributed by atoms with Gasteiger partial charge in [0, 0.05) is 6.54 Å². The molecule has 18 heavy (non-hydrogen) atoms. The molecule has 0 saturated heterocycles. The molecular weight excluding hydrogens is 224 g/mol. The molecule has 0 heterocycles. The molecule has 3 nitrogen and oxygen atoms in total. The number of carbonyl (C=O) groups excluding carboxylic acids is 1. The molecule has 1 saturated carbocycles. The Morgan fingerprint density at radius 1 is 1.33 bits per heavy atom. The second-order valence-corrected chi connectivity index (χ2v) is 5.10. The van der Waals surface area contributed by atoms with Gasteiger partial charge >= 0.3 is 0 Å². The fourth-order valence-electron chi connectivity index (χ4n) is 2.00. The molecule has 0 atom stereocenters. The van der Waals surface area contributed by atoms with Crippen molar-refractivity contribution in [2.24, 2.45) is 5.92 Å². The molecule has 0 bridgehead atoms. The number of amides is 1. The van der Waals surface area contributed by atoms with E-state index in [1.165, 1.54) is 24.0 Å². The lowest BCUT2D eigenvalue weighted by atomic mass is 10.1. The summed E-state index contributed by atoms with van der Waals surface area (Å²) in [4.78, 5) is 11.5. The molecule has 1 aromatic carbocycles. The first-order valence-corrected chi connectivity index (χ1v) is 6.77. The summed E-state index contributed by atoms with van der Waals surface area (Å²) >= 11 is 0. The second-order valence-electron chi connectivity index (χ2n) is 5.10. The Labute approximate surface area is 109 Å². The minimum atomic E-state index is 0.101. The topological polar surface area (TPSA) is 41.1 Å². The summed E-state index contributed by atoms with van der Waals surface area (Å²) in [5.41, 5.74) is 2.60. The van der Waals surface area contributed by atoms with Gasteiger partial charge in [-0.3, -0.25) is 4.79 Å². The minimum absolute atomic E-state index is 0.101. The highest BCUT2D eigenvalue weighted by Gasteiger charge is 2.20. The maximum absolute atomic E-state index is 11.5. The predicted molar refractivity (Wildman–Crippen MR) is 73.5 cm³/mol. The van der Waals surface area contributed by atoms with Crippen molar-refractivity contribution < 1.29 is 4.79 Å². The number of carbonyl (C=O) groups is 1. The summed E-state index contributed by atoms with van der Waals surface area (Å²) in [6.07, 6.45) is 3.55. The van der Waals surface area contributed by atoms with Gasteiger partial charge in [-0.2, -0.15) is 0 Å². The van der Waals surface area contributed by atoms with Gasteiger partial charge < -0.3 is 10.6 Å². The van der Waals surface area contributed by atoms with Gasteiger partial charge in [-0.25, -0.2) is 0 Å². The van der Waals surface area contributed by atoms with E-state index < -0.39 is 0 Å². The fraction of sp³-hybridized carbons (Fsp3) is 0.533. The number of hydrogen-bond donors (Lipinski definition) is 2. The Morgan fingerprint density at radius 2 is 2.11 bits per heavy atom.